The van der Waals surface area contributed by atoms with Gasteiger partial charge < -0.3 is 10.2 Å². The highest BCUT2D eigenvalue weighted by atomic mass is 16.3. The number of hydrogen-bond donors (Lipinski definition) is 2. The highest BCUT2D eigenvalue weighted by Crippen LogP contribution is 2.16. The molecule has 0 spiro atoms. The summed E-state index contributed by atoms with van der Waals surface area (Å²) in [6.07, 6.45) is 7.64. The van der Waals surface area contributed by atoms with E-state index in [1.54, 1.807) is 0 Å². The molecule has 0 amide bonds. The number of unbranched alkanes of at least 4 members (excludes halogenated alkanes) is 4. The van der Waals surface area contributed by atoms with Gasteiger partial charge in [0, 0.05) is 6.61 Å². The third-order valence-corrected chi connectivity index (χ3v) is 2.81. The highest BCUT2D eigenvalue weighted by molar-refractivity contribution is 5.05. The van der Waals surface area contributed by atoms with Crippen molar-refractivity contribution in [2.24, 2.45) is 0 Å². The van der Waals surface area contributed by atoms with E-state index < -0.39 is 6.10 Å². The molecule has 0 saturated carbocycles. The number of aliphatic hydroxyl groups is 2. The Morgan fingerprint density at radius 3 is 2.50 bits per heavy atom. The summed E-state index contributed by atoms with van der Waals surface area (Å²) < 4.78 is 0. The van der Waals surface area contributed by atoms with Gasteiger partial charge in [0.05, 0.1) is 6.10 Å². The van der Waals surface area contributed by atoms with Crippen molar-refractivity contribution in [3.63, 3.8) is 0 Å². The fraction of sp³-hybridized carbons (Fsp3) is 0.786. The normalized spacial score (nSPS) is 12.2. The molecular formula is C14H26O2. The van der Waals surface area contributed by atoms with Crippen LogP contribution in [0.25, 0.3) is 0 Å². The standard InChI is InChI=1S/C14H26O2/c1-3-5-6-7-10-13(4-2)14(16)11-8-9-12-15/h14-16H,2-3,5-12H2,1H3. The maximum atomic E-state index is 9.87. The average molecular weight is 226 g/mol. The lowest BCUT2D eigenvalue weighted by Crippen LogP contribution is -2.10. The van der Waals surface area contributed by atoms with Crippen LogP contribution in [0.15, 0.2) is 17.9 Å². The quantitative estimate of drug-likeness (QED) is 0.443. The Bertz CT molecular complexity index is 205. The number of rotatable bonds is 10. The minimum atomic E-state index is -0.411. The van der Waals surface area contributed by atoms with Gasteiger partial charge in [-0.1, -0.05) is 32.8 Å². The van der Waals surface area contributed by atoms with Gasteiger partial charge in [-0.25, -0.2) is 0 Å². The predicted octanol–water partition coefficient (Wildman–Crippen LogP) is 3.19. The zero-order valence-corrected chi connectivity index (χ0v) is 10.5. The lowest BCUT2D eigenvalue weighted by atomic mass is 9.99. The summed E-state index contributed by atoms with van der Waals surface area (Å²) in [6.45, 7) is 6.03. The van der Waals surface area contributed by atoms with E-state index in [0.29, 0.717) is 6.42 Å². The Morgan fingerprint density at radius 1 is 1.19 bits per heavy atom. The van der Waals surface area contributed by atoms with Gasteiger partial charge in [-0.2, -0.15) is 0 Å². The van der Waals surface area contributed by atoms with Crippen LogP contribution in [0.1, 0.15) is 58.3 Å². The summed E-state index contributed by atoms with van der Waals surface area (Å²) in [6, 6.07) is 0. The molecule has 0 aliphatic carbocycles. The molecule has 2 nitrogen and oxygen atoms in total. The second-order valence-electron chi connectivity index (χ2n) is 4.25. The second kappa shape index (κ2) is 10.9. The molecule has 0 aromatic heterocycles. The van der Waals surface area contributed by atoms with Crippen molar-refractivity contribution in [1.29, 1.82) is 0 Å². The minimum absolute atomic E-state index is 0.205. The summed E-state index contributed by atoms with van der Waals surface area (Å²) >= 11 is 0. The molecule has 94 valence electrons. The monoisotopic (exact) mass is 226 g/mol. The van der Waals surface area contributed by atoms with Crippen molar-refractivity contribution in [1.82, 2.24) is 0 Å². The van der Waals surface area contributed by atoms with E-state index in [4.69, 9.17) is 5.11 Å². The van der Waals surface area contributed by atoms with E-state index >= 15 is 0 Å². The van der Waals surface area contributed by atoms with Crippen LogP contribution in [0.2, 0.25) is 0 Å². The maximum Gasteiger partial charge on any atom is 0.0823 e. The predicted molar refractivity (Wildman–Crippen MR) is 68.4 cm³/mol. The van der Waals surface area contributed by atoms with Crippen LogP contribution in [0.3, 0.4) is 0 Å². The van der Waals surface area contributed by atoms with Gasteiger partial charge in [0.1, 0.15) is 0 Å². The molecule has 1 unspecified atom stereocenters. The molecule has 0 aliphatic rings. The summed E-state index contributed by atoms with van der Waals surface area (Å²) in [4.78, 5) is 0. The number of hydrogen-bond acceptors (Lipinski definition) is 2. The largest absolute Gasteiger partial charge is 0.396 e. The van der Waals surface area contributed by atoms with Crippen LogP contribution in [-0.4, -0.2) is 22.9 Å². The first kappa shape index (κ1) is 15.4. The fourth-order valence-electron chi connectivity index (χ4n) is 1.74. The minimum Gasteiger partial charge on any atom is -0.396 e. The molecule has 0 bridgehead atoms. The fourth-order valence-corrected chi connectivity index (χ4v) is 1.74. The van der Waals surface area contributed by atoms with Gasteiger partial charge in [-0.15, -0.1) is 5.73 Å². The molecule has 0 aromatic rings. The van der Waals surface area contributed by atoms with Crippen LogP contribution in [0, 0.1) is 0 Å². The third kappa shape index (κ3) is 7.70. The summed E-state index contributed by atoms with van der Waals surface area (Å²) in [5, 5.41) is 18.5. The maximum absolute atomic E-state index is 9.87. The van der Waals surface area contributed by atoms with Crippen LogP contribution >= 0.6 is 0 Å². The van der Waals surface area contributed by atoms with Crippen molar-refractivity contribution >= 4 is 0 Å². The molecule has 16 heavy (non-hydrogen) atoms. The van der Waals surface area contributed by atoms with Gasteiger partial charge in [-0.05, 0) is 37.7 Å². The van der Waals surface area contributed by atoms with E-state index in [9.17, 15) is 5.11 Å². The third-order valence-electron chi connectivity index (χ3n) is 2.81. The Morgan fingerprint density at radius 2 is 1.94 bits per heavy atom. The molecule has 1 atom stereocenters. The first-order valence-corrected chi connectivity index (χ1v) is 6.44. The Labute approximate surface area is 99.7 Å². The van der Waals surface area contributed by atoms with Gasteiger partial charge >= 0.3 is 0 Å². The first-order chi connectivity index (χ1) is 7.76. The van der Waals surface area contributed by atoms with Crippen molar-refractivity contribution in [2.75, 3.05) is 6.61 Å². The Balaban J connectivity index is 3.76. The van der Waals surface area contributed by atoms with Crippen LogP contribution in [0.5, 0.6) is 0 Å². The van der Waals surface area contributed by atoms with E-state index in [1.807, 2.05) is 0 Å². The molecule has 0 heterocycles. The van der Waals surface area contributed by atoms with E-state index in [-0.39, 0.29) is 6.61 Å². The van der Waals surface area contributed by atoms with Crippen LogP contribution in [-0.2, 0) is 0 Å². The van der Waals surface area contributed by atoms with Crippen molar-refractivity contribution in [3.8, 4) is 0 Å². The van der Waals surface area contributed by atoms with Gasteiger partial charge in [0.15, 0.2) is 0 Å². The lowest BCUT2D eigenvalue weighted by molar-refractivity contribution is 0.186. The van der Waals surface area contributed by atoms with Crippen molar-refractivity contribution in [3.05, 3.63) is 17.9 Å². The smallest absolute Gasteiger partial charge is 0.0823 e. The van der Waals surface area contributed by atoms with E-state index in [0.717, 1.165) is 31.3 Å². The van der Waals surface area contributed by atoms with E-state index in [2.05, 4.69) is 19.2 Å². The SMILES string of the molecule is C=C=C(CCCCCC)C(O)CCCCO. The molecular weight excluding hydrogens is 200 g/mol. The average Bonchev–Trinajstić information content (AvgIpc) is 2.29. The molecule has 2 heteroatoms. The van der Waals surface area contributed by atoms with Gasteiger partial charge in [0.2, 0.25) is 0 Å². The summed E-state index contributed by atoms with van der Waals surface area (Å²) in [5.41, 5.74) is 3.80. The topological polar surface area (TPSA) is 40.5 Å². The van der Waals surface area contributed by atoms with Gasteiger partial charge in [0.25, 0.3) is 0 Å². The molecule has 0 aliphatic heterocycles. The lowest BCUT2D eigenvalue weighted by Gasteiger charge is -2.12. The second-order valence-corrected chi connectivity index (χ2v) is 4.25. The molecule has 2 N–H and O–H groups in total. The Hall–Kier alpha value is -0.560. The molecule has 0 radical (unpaired) electrons. The molecule has 0 fully saturated rings. The zero-order valence-electron chi connectivity index (χ0n) is 10.5. The first-order valence-electron chi connectivity index (χ1n) is 6.44. The van der Waals surface area contributed by atoms with Gasteiger partial charge in [-0.3, -0.25) is 0 Å². The molecule has 0 saturated heterocycles. The van der Waals surface area contributed by atoms with Crippen molar-refractivity contribution < 1.29 is 10.2 Å². The zero-order chi connectivity index (χ0) is 12.2. The number of aliphatic hydroxyl groups excluding tert-OH is 2. The molecule has 0 rings (SSSR count). The van der Waals surface area contributed by atoms with Crippen molar-refractivity contribution in [2.45, 2.75) is 64.4 Å². The molecule has 0 aromatic carbocycles. The van der Waals surface area contributed by atoms with E-state index in [1.165, 1.54) is 19.3 Å². The summed E-state index contributed by atoms with van der Waals surface area (Å²) in [5.74, 6) is 0. The van der Waals surface area contributed by atoms with Crippen LogP contribution < -0.4 is 0 Å². The summed E-state index contributed by atoms with van der Waals surface area (Å²) in [7, 11) is 0. The highest BCUT2D eigenvalue weighted by Gasteiger charge is 2.09. The van der Waals surface area contributed by atoms with Crippen LogP contribution in [0.4, 0.5) is 0 Å². The Kier molecular flexibility index (Phi) is 10.6.